The first-order valence-electron chi connectivity index (χ1n) is 6.96. The Morgan fingerprint density at radius 3 is 2.79 bits per heavy atom. The molecule has 0 amide bonds. The molecule has 1 N–H and O–H groups in total. The Labute approximate surface area is 132 Å². The van der Waals surface area contributed by atoms with Crippen LogP contribution < -0.4 is 0 Å². The van der Waals surface area contributed by atoms with Gasteiger partial charge in [-0.3, -0.25) is 0 Å². The molecule has 0 saturated heterocycles. The van der Waals surface area contributed by atoms with E-state index in [2.05, 4.69) is 57.3 Å². The number of nitrogens with zero attached hydrogens (tertiary/aromatic N) is 1. The molecule has 3 rings (SSSR count). The van der Waals surface area contributed by atoms with Gasteiger partial charge in [0.15, 0.2) is 4.77 Å². The van der Waals surface area contributed by atoms with Crippen molar-refractivity contribution in [1.29, 1.82) is 0 Å². The maximum atomic E-state index is 5.52. The van der Waals surface area contributed by atoms with E-state index in [1.807, 2.05) is 0 Å². The standard InChI is InChI=1S/C15H19IN2S/c1-15(7-3-2-4-8-15)10-18-13-6-5-11(16)9-12(13)17-14(18)19/h5-6,9H,2-4,7-8,10H2,1H3,(H,17,19). The molecule has 1 aliphatic carbocycles. The third kappa shape index (κ3) is 2.75. The lowest BCUT2D eigenvalue weighted by Crippen LogP contribution is -2.26. The van der Waals surface area contributed by atoms with Gasteiger partial charge in [0.2, 0.25) is 0 Å². The van der Waals surface area contributed by atoms with Crippen LogP contribution in [0.5, 0.6) is 0 Å². The fraction of sp³-hybridized carbons (Fsp3) is 0.533. The van der Waals surface area contributed by atoms with Crippen molar-refractivity contribution in [2.75, 3.05) is 0 Å². The second-order valence-corrected chi connectivity index (χ2v) is 7.68. The predicted molar refractivity (Wildman–Crippen MR) is 91.0 cm³/mol. The average Bonchev–Trinajstić information content (AvgIpc) is 2.65. The van der Waals surface area contributed by atoms with Crippen molar-refractivity contribution in [2.24, 2.45) is 5.41 Å². The molecule has 1 saturated carbocycles. The molecule has 0 aliphatic heterocycles. The second kappa shape index (κ2) is 5.20. The Bertz CT molecular complexity index is 650. The number of benzene rings is 1. The first kappa shape index (κ1) is 13.6. The molecular formula is C15H19IN2S. The van der Waals surface area contributed by atoms with E-state index in [1.54, 1.807) is 0 Å². The quantitative estimate of drug-likeness (QED) is 0.551. The summed E-state index contributed by atoms with van der Waals surface area (Å²) >= 11 is 7.86. The number of hydrogen-bond donors (Lipinski definition) is 1. The van der Waals surface area contributed by atoms with Crippen LogP contribution >= 0.6 is 34.8 Å². The van der Waals surface area contributed by atoms with Gasteiger partial charge in [0.25, 0.3) is 0 Å². The van der Waals surface area contributed by atoms with Crippen LogP contribution in [-0.4, -0.2) is 9.55 Å². The Morgan fingerprint density at radius 2 is 2.05 bits per heavy atom. The van der Waals surface area contributed by atoms with Gasteiger partial charge >= 0.3 is 0 Å². The summed E-state index contributed by atoms with van der Waals surface area (Å²) in [5, 5.41) is 0. The minimum atomic E-state index is 0.411. The van der Waals surface area contributed by atoms with E-state index in [4.69, 9.17) is 12.2 Å². The SMILES string of the molecule is CC1(Cn2c(=S)[nH]c3cc(I)ccc32)CCCCC1. The van der Waals surface area contributed by atoms with Gasteiger partial charge in [-0.2, -0.15) is 0 Å². The van der Waals surface area contributed by atoms with E-state index < -0.39 is 0 Å². The Morgan fingerprint density at radius 1 is 1.32 bits per heavy atom. The highest BCUT2D eigenvalue weighted by Gasteiger charge is 2.28. The number of nitrogens with one attached hydrogen (secondary N) is 1. The largest absolute Gasteiger partial charge is 0.331 e. The molecule has 1 heterocycles. The van der Waals surface area contributed by atoms with Gasteiger partial charge in [-0.25, -0.2) is 0 Å². The summed E-state index contributed by atoms with van der Waals surface area (Å²) in [6.45, 7) is 3.46. The van der Waals surface area contributed by atoms with Crippen LogP contribution in [0.1, 0.15) is 39.0 Å². The molecule has 0 unspecified atom stereocenters. The van der Waals surface area contributed by atoms with Crippen molar-refractivity contribution < 1.29 is 0 Å². The fourth-order valence-electron chi connectivity index (χ4n) is 3.24. The Hall–Kier alpha value is -0.360. The minimum absolute atomic E-state index is 0.411. The van der Waals surface area contributed by atoms with Crippen molar-refractivity contribution in [3.63, 3.8) is 0 Å². The molecule has 1 aromatic carbocycles. The maximum Gasteiger partial charge on any atom is 0.178 e. The predicted octanol–water partition coefficient (Wildman–Crippen LogP) is 5.27. The zero-order chi connectivity index (χ0) is 13.5. The van der Waals surface area contributed by atoms with Crippen LogP contribution in [0, 0.1) is 13.8 Å². The average molecular weight is 386 g/mol. The lowest BCUT2D eigenvalue weighted by molar-refractivity contribution is 0.184. The third-order valence-electron chi connectivity index (χ3n) is 4.34. The topological polar surface area (TPSA) is 20.7 Å². The van der Waals surface area contributed by atoms with Crippen molar-refractivity contribution in [3.05, 3.63) is 26.5 Å². The number of H-pyrrole nitrogens is 1. The summed E-state index contributed by atoms with van der Waals surface area (Å²) in [6, 6.07) is 6.52. The van der Waals surface area contributed by atoms with E-state index in [9.17, 15) is 0 Å². The zero-order valence-corrected chi connectivity index (χ0v) is 14.2. The van der Waals surface area contributed by atoms with Crippen molar-refractivity contribution in [1.82, 2.24) is 9.55 Å². The van der Waals surface area contributed by atoms with Gasteiger partial charge in [0.1, 0.15) is 0 Å². The molecule has 2 aromatic rings. The summed E-state index contributed by atoms with van der Waals surface area (Å²) in [4.78, 5) is 3.35. The smallest absolute Gasteiger partial charge is 0.178 e. The van der Waals surface area contributed by atoms with Gasteiger partial charge in [-0.1, -0.05) is 26.2 Å². The van der Waals surface area contributed by atoms with E-state index in [1.165, 1.54) is 41.2 Å². The molecule has 1 aromatic heterocycles. The van der Waals surface area contributed by atoms with Crippen molar-refractivity contribution in [2.45, 2.75) is 45.6 Å². The molecule has 0 bridgehead atoms. The van der Waals surface area contributed by atoms with Gasteiger partial charge in [-0.05, 0) is 71.3 Å². The normalized spacial score (nSPS) is 18.8. The zero-order valence-electron chi connectivity index (χ0n) is 11.2. The van der Waals surface area contributed by atoms with Gasteiger partial charge in [0, 0.05) is 10.1 Å². The molecule has 1 aliphatic rings. The highest BCUT2D eigenvalue weighted by Crippen LogP contribution is 2.38. The first-order chi connectivity index (χ1) is 9.07. The van der Waals surface area contributed by atoms with Crippen LogP contribution in [0.25, 0.3) is 11.0 Å². The minimum Gasteiger partial charge on any atom is -0.331 e. The fourth-order valence-corrected chi connectivity index (χ4v) is 4.00. The molecular weight excluding hydrogens is 367 g/mol. The number of aromatic nitrogens is 2. The van der Waals surface area contributed by atoms with E-state index in [0.717, 1.165) is 16.8 Å². The monoisotopic (exact) mass is 386 g/mol. The molecule has 19 heavy (non-hydrogen) atoms. The van der Waals surface area contributed by atoms with Gasteiger partial charge in [-0.15, -0.1) is 0 Å². The van der Waals surface area contributed by atoms with Gasteiger partial charge in [0.05, 0.1) is 11.0 Å². The number of hydrogen-bond acceptors (Lipinski definition) is 1. The molecule has 0 atom stereocenters. The number of imidazole rings is 1. The molecule has 102 valence electrons. The lowest BCUT2D eigenvalue weighted by Gasteiger charge is -2.34. The number of fused-ring (bicyclic) bond motifs is 1. The number of halogens is 1. The second-order valence-electron chi connectivity index (χ2n) is 6.05. The van der Waals surface area contributed by atoms with Crippen molar-refractivity contribution >= 4 is 45.8 Å². The van der Waals surface area contributed by atoms with Crippen molar-refractivity contribution in [3.8, 4) is 0 Å². The first-order valence-corrected chi connectivity index (χ1v) is 8.44. The summed E-state index contributed by atoms with van der Waals surface area (Å²) in [6.07, 6.45) is 6.78. The molecule has 1 fully saturated rings. The lowest BCUT2D eigenvalue weighted by atomic mass is 9.75. The maximum absolute atomic E-state index is 5.52. The van der Waals surface area contributed by atoms with Crippen LogP contribution in [0.3, 0.4) is 0 Å². The summed E-state index contributed by atoms with van der Waals surface area (Å²) in [5.74, 6) is 0. The number of rotatable bonds is 2. The molecule has 0 radical (unpaired) electrons. The van der Waals surface area contributed by atoms with E-state index >= 15 is 0 Å². The summed E-state index contributed by atoms with van der Waals surface area (Å²) in [5.41, 5.74) is 2.82. The summed E-state index contributed by atoms with van der Waals surface area (Å²) in [7, 11) is 0. The molecule has 2 nitrogen and oxygen atoms in total. The van der Waals surface area contributed by atoms with E-state index in [0.29, 0.717) is 5.41 Å². The Balaban J connectivity index is 2.00. The summed E-state index contributed by atoms with van der Waals surface area (Å²) < 4.78 is 4.41. The Kier molecular flexibility index (Phi) is 3.73. The van der Waals surface area contributed by atoms with Crippen LogP contribution in [0.15, 0.2) is 18.2 Å². The molecule has 0 spiro atoms. The third-order valence-corrected chi connectivity index (χ3v) is 5.33. The highest BCUT2D eigenvalue weighted by molar-refractivity contribution is 14.1. The van der Waals surface area contributed by atoms with E-state index in [-0.39, 0.29) is 0 Å². The van der Waals surface area contributed by atoms with Crippen LogP contribution in [0.4, 0.5) is 0 Å². The van der Waals surface area contributed by atoms with Crippen LogP contribution in [-0.2, 0) is 6.54 Å². The van der Waals surface area contributed by atoms with Crippen LogP contribution in [0.2, 0.25) is 0 Å². The molecule has 4 heteroatoms. The van der Waals surface area contributed by atoms with Gasteiger partial charge < -0.3 is 9.55 Å². The highest BCUT2D eigenvalue weighted by atomic mass is 127. The number of aromatic amines is 1.